The molecule has 0 amide bonds. The lowest BCUT2D eigenvalue weighted by molar-refractivity contribution is 0.411. The summed E-state index contributed by atoms with van der Waals surface area (Å²) in [6.45, 7) is 0. The number of hydrogen-bond acceptors (Lipinski definition) is 2. The van der Waals surface area contributed by atoms with E-state index in [2.05, 4.69) is 15.9 Å². The minimum Gasteiger partial charge on any atom is -0.196 e. The van der Waals surface area contributed by atoms with Crippen LogP contribution in [-0.4, -0.2) is 4.33 Å². The molecular formula is C9H5BrCl2N2. The lowest BCUT2D eigenvalue weighted by Gasteiger charge is -2.33. The van der Waals surface area contributed by atoms with E-state index in [1.54, 1.807) is 0 Å². The Labute approximate surface area is 100 Å². The van der Waals surface area contributed by atoms with Crippen LogP contribution < -0.4 is 0 Å². The predicted molar refractivity (Wildman–Crippen MR) is 56.7 cm³/mol. The average Bonchev–Trinajstić information content (AvgIpc) is 2.58. The Hall–Kier alpha value is -0.220. The molecule has 2 aliphatic rings. The van der Waals surface area contributed by atoms with Gasteiger partial charge in [0.2, 0.25) is 0 Å². The van der Waals surface area contributed by atoms with Crippen molar-refractivity contribution in [2.24, 2.45) is 17.3 Å². The Kier molecular flexibility index (Phi) is 2.13. The maximum absolute atomic E-state index is 9.07. The Morgan fingerprint density at radius 1 is 1.43 bits per heavy atom. The zero-order valence-electron chi connectivity index (χ0n) is 6.97. The van der Waals surface area contributed by atoms with E-state index < -0.39 is 9.75 Å². The number of nitrogens with zero attached hydrogens (tertiary/aromatic N) is 2. The molecule has 0 N–H and O–H groups in total. The van der Waals surface area contributed by atoms with Crippen LogP contribution in [0.15, 0.2) is 10.6 Å². The Balaban J connectivity index is 2.60. The van der Waals surface area contributed by atoms with E-state index in [-0.39, 0.29) is 11.8 Å². The Bertz CT molecular complexity index is 388. The maximum Gasteiger partial charge on any atom is 0.183 e. The van der Waals surface area contributed by atoms with Gasteiger partial charge in [-0.15, -0.1) is 0 Å². The standard InChI is InChI=1S/C9H5BrCl2N2/c10-7-2-5-1-6(7)9(11,12)8(5,3-13)4-14/h2,5-6H,1H2. The van der Waals surface area contributed by atoms with Crippen molar-refractivity contribution in [1.29, 1.82) is 10.5 Å². The number of allylic oxidation sites excluding steroid dienone is 2. The van der Waals surface area contributed by atoms with Gasteiger partial charge in [-0.3, -0.25) is 0 Å². The third-order valence-corrected chi connectivity index (χ3v) is 5.00. The number of alkyl halides is 2. The number of halogens is 3. The average molecular weight is 292 g/mol. The topological polar surface area (TPSA) is 47.6 Å². The highest BCUT2D eigenvalue weighted by atomic mass is 79.9. The second kappa shape index (κ2) is 2.89. The molecule has 1 fully saturated rings. The number of rotatable bonds is 0. The van der Waals surface area contributed by atoms with Crippen molar-refractivity contribution in [2.75, 3.05) is 0 Å². The van der Waals surface area contributed by atoms with E-state index in [1.165, 1.54) is 0 Å². The number of fused-ring (bicyclic) bond motifs is 2. The lowest BCUT2D eigenvalue weighted by Crippen LogP contribution is -2.41. The van der Waals surface area contributed by atoms with Crippen molar-refractivity contribution in [3.8, 4) is 12.1 Å². The SMILES string of the molecule is N#CC1(C#N)C2C=C(Br)C(C2)C1(Cl)Cl. The minimum absolute atomic E-state index is 0.130. The molecule has 2 rings (SSSR count). The summed E-state index contributed by atoms with van der Waals surface area (Å²) >= 11 is 15.6. The highest BCUT2D eigenvalue weighted by Gasteiger charge is 2.68. The summed E-state index contributed by atoms with van der Waals surface area (Å²) in [5.41, 5.74) is -1.29. The minimum atomic E-state index is -1.30. The van der Waals surface area contributed by atoms with E-state index in [0.29, 0.717) is 6.42 Å². The molecule has 2 unspecified atom stereocenters. The third kappa shape index (κ3) is 0.910. The lowest BCUT2D eigenvalue weighted by atomic mass is 9.77. The smallest absolute Gasteiger partial charge is 0.183 e. The number of hydrogen-bond donors (Lipinski definition) is 0. The highest BCUT2D eigenvalue weighted by molar-refractivity contribution is 9.11. The molecule has 2 atom stereocenters. The summed E-state index contributed by atoms with van der Waals surface area (Å²) in [4.78, 5) is 0. The van der Waals surface area contributed by atoms with E-state index in [4.69, 9.17) is 33.7 Å². The fourth-order valence-electron chi connectivity index (χ4n) is 2.23. The molecule has 14 heavy (non-hydrogen) atoms. The summed E-state index contributed by atoms with van der Waals surface area (Å²) in [5.74, 6) is -0.290. The van der Waals surface area contributed by atoms with Gasteiger partial charge in [0, 0.05) is 11.8 Å². The van der Waals surface area contributed by atoms with Crippen LogP contribution in [0.1, 0.15) is 6.42 Å². The quantitative estimate of drug-likeness (QED) is 0.644. The molecule has 2 aliphatic carbocycles. The first kappa shape index (κ1) is 10.3. The first-order valence-electron chi connectivity index (χ1n) is 4.07. The van der Waals surface area contributed by atoms with E-state index in [0.717, 1.165) is 4.48 Å². The molecule has 2 bridgehead atoms. The molecule has 0 aromatic heterocycles. The molecule has 0 aromatic carbocycles. The zero-order chi connectivity index (χ0) is 10.6. The van der Waals surface area contributed by atoms with Gasteiger partial charge in [0.1, 0.15) is 0 Å². The van der Waals surface area contributed by atoms with Gasteiger partial charge >= 0.3 is 0 Å². The molecule has 0 radical (unpaired) electrons. The molecule has 0 spiro atoms. The van der Waals surface area contributed by atoms with Crippen molar-refractivity contribution < 1.29 is 0 Å². The maximum atomic E-state index is 9.07. The summed E-state index contributed by atoms with van der Waals surface area (Å²) in [6, 6.07) is 3.96. The molecule has 72 valence electrons. The summed E-state index contributed by atoms with van der Waals surface area (Å²) in [7, 11) is 0. The van der Waals surface area contributed by atoms with Gasteiger partial charge in [-0.05, 0) is 10.9 Å². The largest absolute Gasteiger partial charge is 0.196 e. The fourth-order valence-corrected chi connectivity index (χ4v) is 4.20. The van der Waals surface area contributed by atoms with Crippen molar-refractivity contribution in [3.63, 3.8) is 0 Å². The van der Waals surface area contributed by atoms with Crippen molar-refractivity contribution in [3.05, 3.63) is 10.6 Å². The predicted octanol–water partition coefficient (Wildman–Crippen LogP) is 3.12. The van der Waals surface area contributed by atoms with Gasteiger partial charge in [0.15, 0.2) is 9.75 Å². The molecule has 0 aliphatic heterocycles. The van der Waals surface area contributed by atoms with Crippen LogP contribution in [0.2, 0.25) is 0 Å². The van der Waals surface area contributed by atoms with Crippen LogP contribution in [0.5, 0.6) is 0 Å². The summed E-state index contributed by atoms with van der Waals surface area (Å²) in [6.07, 6.45) is 2.55. The fraction of sp³-hybridized carbons (Fsp3) is 0.556. The van der Waals surface area contributed by atoms with Crippen molar-refractivity contribution in [1.82, 2.24) is 0 Å². The van der Waals surface area contributed by atoms with Crippen LogP contribution in [-0.2, 0) is 0 Å². The molecule has 0 saturated heterocycles. The first-order valence-corrected chi connectivity index (χ1v) is 5.62. The zero-order valence-corrected chi connectivity index (χ0v) is 10.1. The van der Waals surface area contributed by atoms with Crippen LogP contribution in [0, 0.1) is 39.9 Å². The van der Waals surface area contributed by atoms with Gasteiger partial charge in [-0.2, -0.15) is 10.5 Å². The molecule has 1 saturated carbocycles. The highest BCUT2D eigenvalue weighted by Crippen LogP contribution is 2.66. The molecule has 5 heteroatoms. The van der Waals surface area contributed by atoms with Gasteiger partial charge in [0.05, 0.1) is 12.1 Å². The van der Waals surface area contributed by atoms with Gasteiger partial charge < -0.3 is 0 Å². The molecular weight excluding hydrogens is 287 g/mol. The summed E-state index contributed by atoms with van der Waals surface area (Å²) in [5, 5.41) is 18.1. The first-order chi connectivity index (χ1) is 6.49. The van der Waals surface area contributed by atoms with E-state index >= 15 is 0 Å². The van der Waals surface area contributed by atoms with Gasteiger partial charge in [0.25, 0.3) is 0 Å². The Morgan fingerprint density at radius 2 is 2.00 bits per heavy atom. The molecule has 0 aromatic rings. The van der Waals surface area contributed by atoms with Crippen LogP contribution in [0.25, 0.3) is 0 Å². The van der Waals surface area contributed by atoms with Crippen molar-refractivity contribution >= 4 is 39.1 Å². The molecule has 0 heterocycles. The van der Waals surface area contributed by atoms with Gasteiger partial charge in [-0.25, -0.2) is 0 Å². The Morgan fingerprint density at radius 3 is 2.36 bits per heavy atom. The van der Waals surface area contributed by atoms with Crippen LogP contribution in [0.4, 0.5) is 0 Å². The molecule has 2 nitrogen and oxygen atoms in total. The third-order valence-electron chi connectivity index (χ3n) is 3.06. The van der Waals surface area contributed by atoms with E-state index in [9.17, 15) is 0 Å². The normalized spacial score (nSPS) is 35.9. The monoisotopic (exact) mass is 290 g/mol. The van der Waals surface area contributed by atoms with Gasteiger partial charge in [-0.1, -0.05) is 45.2 Å². The van der Waals surface area contributed by atoms with E-state index in [1.807, 2.05) is 18.2 Å². The second-order valence-electron chi connectivity index (χ2n) is 3.60. The summed E-state index contributed by atoms with van der Waals surface area (Å²) < 4.78 is -0.386. The number of nitriles is 2. The second-order valence-corrected chi connectivity index (χ2v) is 5.90. The van der Waals surface area contributed by atoms with Crippen molar-refractivity contribution in [2.45, 2.75) is 10.8 Å². The van der Waals surface area contributed by atoms with Crippen LogP contribution >= 0.6 is 39.1 Å². The van der Waals surface area contributed by atoms with Crippen LogP contribution in [0.3, 0.4) is 0 Å².